The molecule has 2 aliphatic rings. The Labute approximate surface area is 210 Å². The summed E-state index contributed by atoms with van der Waals surface area (Å²) in [6, 6.07) is 7.77. The van der Waals surface area contributed by atoms with Crippen LogP contribution in [0.5, 0.6) is 5.75 Å². The van der Waals surface area contributed by atoms with Crippen LogP contribution in [0.15, 0.2) is 41.2 Å². The predicted octanol–water partition coefficient (Wildman–Crippen LogP) is 6.82. The van der Waals surface area contributed by atoms with Crippen LogP contribution in [0.4, 0.5) is 0 Å². The molecule has 1 N–H and O–H groups in total. The third-order valence-corrected chi connectivity index (χ3v) is 7.40. The summed E-state index contributed by atoms with van der Waals surface area (Å²) < 4.78 is 14.0. The lowest BCUT2D eigenvalue weighted by Gasteiger charge is -2.19. The molecule has 3 aromatic heterocycles. The summed E-state index contributed by atoms with van der Waals surface area (Å²) in [6.07, 6.45) is 9.11. The maximum absolute atomic E-state index is 11.7. The van der Waals surface area contributed by atoms with Crippen LogP contribution < -0.4 is 4.74 Å². The van der Waals surface area contributed by atoms with E-state index in [9.17, 15) is 9.90 Å². The molecule has 6 rings (SSSR count). The number of carboxylic acids is 1. The molecule has 0 atom stereocenters. The van der Waals surface area contributed by atoms with Gasteiger partial charge in [-0.1, -0.05) is 5.16 Å². The summed E-state index contributed by atoms with van der Waals surface area (Å²) in [6.45, 7) is 7.76. The van der Waals surface area contributed by atoms with Crippen LogP contribution in [0.1, 0.15) is 67.4 Å². The van der Waals surface area contributed by atoms with Gasteiger partial charge in [0.15, 0.2) is 0 Å². The minimum absolute atomic E-state index is 0.0946. The molecule has 7 heteroatoms. The van der Waals surface area contributed by atoms with Crippen LogP contribution in [-0.4, -0.2) is 31.9 Å². The highest BCUT2D eigenvalue weighted by Gasteiger charge is 2.43. The van der Waals surface area contributed by atoms with Gasteiger partial charge in [-0.3, -0.25) is 0 Å². The van der Waals surface area contributed by atoms with Gasteiger partial charge in [0.05, 0.1) is 17.4 Å². The molecule has 2 aliphatic carbocycles. The number of aromatic nitrogens is 3. The molecule has 0 amide bonds. The molecule has 0 aliphatic heterocycles. The Hall–Kier alpha value is -3.61. The third kappa shape index (κ3) is 3.96. The molecule has 0 radical (unpaired) electrons. The second-order valence-electron chi connectivity index (χ2n) is 10.6. The minimum Gasteiger partial charge on any atom is -0.490 e. The van der Waals surface area contributed by atoms with E-state index in [2.05, 4.69) is 22.0 Å². The molecule has 1 aromatic carbocycles. The van der Waals surface area contributed by atoms with Crippen molar-refractivity contribution in [2.45, 2.75) is 65.5 Å². The average Bonchev–Trinajstić information content (AvgIpc) is 3.77. The number of aryl methyl sites for hydroxylation is 2. The molecule has 0 saturated heterocycles. The summed E-state index contributed by atoms with van der Waals surface area (Å²) in [5.41, 5.74) is 5.80. The van der Waals surface area contributed by atoms with Crippen molar-refractivity contribution in [1.82, 2.24) is 14.7 Å². The predicted molar refractivity (Wildman–Crippen MR) is 137 cm³/mol. The van der Waals surface area contributed by atoms with Gasteiger partial charge in [-0.25, -0.2) is 9.78 Å². The van der Waals surface area contributed by atoms with Gasteiger partial charge in [0.2, 0.25) is 0 Å². The van der Waals surface area contributed by atoms with Crippen LogP contribution in [0, 0.1) is 25.7 Å². The second kappa shape index (κ2) is 8.50. The smallest absolute Gasteiger partial charge is 0.335 e. The van der Waals surface area contributed by atoms with Crippen molar-refractivity contribution in [2.24, 2.45) is 11.8 Å². The molecule has 36 heavy (non-hydrogen) atoms. The van der Waals surface area contributed by atoms with E-state index in [0.717, 1.165) is 44.7 Å². The number of fused-ring (bicyclic) bond motifs is 1. The van der Waals surface area contributed by atoms with Crippen molar-refractivity contribution < 1.29 is 19.2 Å². The number of benzene rings is 1. The number of nitrogens with zero attached hydrogens (tertiary/aromatic N) is 3. The first-order valence-corrected chi connectivity index (χ1v) is 12.8. The second-order valence-corrected chi connectivity index (χ2v) is 10.6. The fourth-order valence-corrected chi connectivity index (χ4v) is 5.55. The van der Waals surface area contributed by atoms with Crippen LogP contribution in [-0.2, 0) is 0 Å². The highest BCUT2D eigenvalue weighted by atomic mass is 16.5. The van der Waals surface area contributed by atoms with E-state index in [1.165, 1.54) is 25.7 Å². The Morgan fingerprint density at radius 3 is 2.42 bits per heavy atom. The Kier molecular flexibility index (Phi) is 5.39. The first-order valence-electron chi connectivity index (χ1n) is 12.8. The van der Waals surface area contributed by atoms with Crippen LogP contribution in [0.3, 0.4) is 0 Å². The number of aromatic carboxylic acids is 1. The van der Waals surface area contributed by atoms with E-state index in [4.69, 9.17) is 14.2 Å². The highest BCUT2D eigenvalue weighted by Crippen LogP contribution is 2.54. The van der Waals surface area contributed by atoms with Gasteiger partial charge in [0, 0.05) is 46.1 Å². The molecular formula is C29H31N3O4. The van der Waals surface area contributed by atoms with Gasteiger partial charge in [-0.2, -0.15) is 0 Å². The molecule has 7 nitrogen and oxygen atoms in total. The molecule has 0 bridgehead atoms. The first kappa shape index (κ1) is 22.8. The normalized spacial score (nSPS) is 15.8. The van der Waals surface area contributed by atoms with Crippen molar-refractivity contribution in [1.29, 1.82) is 0 Å². The number of ether oxygens (including phenoxy) is 1. The molecule has 0 spiro atoms. The standard InChI is InChI=1S/C29H31N3O4/c1-15(2)35-25-12-20(29(33)34)9-10-22(25)24-14-32(27(18-5-6-18)19-7-8-19)28-23(24)11-21(13-30-28)26-16(3)31-36-17(26)4/h9-15,18-19,27H,5-8H2,1-4H3,(H,33,34). The SMILES string of the molecule is Cc1noc(C)c1-c1cnc2c(c1)c(-c1ccc(C(=O)O)cc1OC(C)C)cn2C(C1CC1)C1CC1. The lowest BCUT2D eigenvalue weighted by Crippen LogP contribution is -2.13. The van der Waals surface area contributed by atoms with Gasteiger partial charge in [-0.15, -0.1) is 0 Å². The van der Waals surface area contributed by atoms with Crippen molar-refractivity contribution in [3.63, 3.8) is 0 Å². The maximum Gasteiger partial charge on any atom is 0.335 e. The maximum atomic E-state index is 11.7. The lowest BCUT2D eigenvalue weighted by atomic mass is 10.00. The third-order valence-electron chi connectivity index (χ3n) is 7.40. The number of carboxylic acid groups (broad SMARTS) is 1. The van der Waals surface area contributed by atoms with E-state index in [0.29, 0.717) is 23.6 Å². The number of carbonyl (C=O) groups is 1. The number of hydrogen-bond donors (Lipinski definition) is 1. The quantitative estimate of drug-likeness (QED) is 0.294. The van der Waals surface area contributed by atoms with Crippen LogP contribution in [0.2, 0.25) is 0 Å². The number of pyridine rings is 1. The molecule has 4 aromatic rings. The minimum atomic E-state index is -0.970. The Morgan fingerprint density at radius 1 is 1.11 bits per heavy atom. The largest absolute Gasteiger partial charge is 0.490 e. The summed E-state index contributed by atoms with van der Waals surface area (Å²) >= 11 is 0. The molecule has 186 valence electrons. The molecule has 2 fully saturated rings. The zero-order valence-electron chi connectivity index (χ0n) is 21.1. The average molecular weight is 486 g/mol. The van der Waals surface area contributed by atoms with E-state index in [1.54, 1.807) is 12.1 Å². The molecule has 0 unspecified atom stereocenters. The van der Waals surface area contributed by atoms with Crippen molar-refractivity contribution in [3.8, 4) is 28.0 Å². The monoisotopic (exact) mass is 485 g/mol. The van der Waals surface area contributed by atoms with Crippen LogP contribution >= 0.6 is 0 Å². The summed E-state index contributed by atoms with van der Waals surface area (Å²) in [5, 5.41) is 14.8. The van der Waals surface area contributed by atoms with Gasteiger partial charge >= 0.3 is 5.97 Å². The zero-order valence-corrected chi connectivity index (χ0v) is 21.1. The van der Waals surface area contributed by atoms with Crippen LogP contribution in [0.25, 0.3) is 33.3 Å². The highest BCUT2D eigenvalue weighted by molar-refractivity contribution is 5.99. The summed E-state index contributed by atoms with van der Waals surface area (Å²) in [4.78, 5) is 16.7. The van der Waals surface area contributed by atoms with E-state index in [1.807, 2.05) is 40.0 Å². The first-order chi connectivity index (χ1) is 17.3. The fourth-order valence-electron chi connectivity index (χ4n) is 5.55. The van der Waals surface area contributed by atoms with E-state index >= 15 is 0 Å². The van der Waals surface area contributed by atoms with Crippen molar-refractivity contribution in [3.05, 3.63) is 53.7 Å². The Balaban J connectivity index is 1.59. The fraction of sp³-hybridized carbons (Fsp3) is 0.414. The van der Waals surface area contributed by atoms with Gasteiger partial charge < -0.3 is 18.9 Å². The van der Waals surface area contributed by atoms with Gasteiger partial charge in [0.25, 0.3) is 0 Å². The van der Waals surface area contributed by atoms with Crippen molar-refractivity contribution in [2.75, 3.05) is 0 Å². The zero-order chi connectivity index (χ0) is 25.1. The van der Waals surface area contributed by atoms with E-state index in [-0.39, 0.29) is 11.7 Å². The van der Waals surface area contributed by atoms with Gasteiger partial charge in [0.1, 0.15) is 17.2 Å². The van der Waals surface area contributed by atoms with Crippen molar-refractivity contribution >= 4 is 17.0 Å². The Bertz CT molecular complexity index is 1440. The lowest BCUT2D eigenvalue weighted by molar-refractivity contribution is 0.0696. The Morgan fingerprint density at radius 2 is 1.83 bits per heavy atom. The van der Waals surface area contributed by atoms with E-state index < -0.39 is 5.97 Å². The summed E-state index contributed by atoms with van der Waals surface area (Å²) in [7, 11) is 0. The number of hydrogen-bond acceptors (Lipinski definition) is 5. The molecular weight excluding hydrogens is 454 g/mol. The van der Waals surface area contributed by atoms with Gasteiger partial charge in [-0.05, 0) is 89.5 Å². The molecule has 3 heterocycles. The number of rotatable bonds is 8. The molecule has 2 saturated carbocycles. The summed E-state index contributed by atoms with van der Waals surface area (Å²) in [5.74, 6) is 1.76. The topological polar surface area (TPSA) is 90.4 Å².